The quantitative estimate of drug-likeness (QED) is 0.361. The Morgan fingerprint density at radius 3 is 2.27 bits per heavy atom. The summed E-state index contributed by atoms with van der Waals surface area (Å²) >= 11 is 1.34. The zero-order valence-corrected chi connectivity index (χ0v) is 17.0. The van der Waals surface area contributed by atoms with Gasteiger partial charge >= 0.3 is 12.1 Å². The van der Waals surface area contributed by atoms with E-state index in [0.717, 1.165) is 49.8 Å². The van der Waals surface area contributed by atoms with Crippen molar-refractivity contribution in [1.82, 2.24) is 0 Å². The van der Waals surface area contributed by atoms with Gasteiger partial charge in [0.25, 0.3) is 0 Å². The van der Waals surface area contributed by atoms with E-state index in [-0.39, 0.29) is 5.56 Å². The molecular formula is C20H33NO4S. The summed E-state index contributed by atoms with van der Waals surface area (Å²) < 4.78 is 5.14. The Balaban J connectivity index is 2.44. The SMILES string of the molecule is CCCCCCCCc1cc(C(=O)O)c(NC(=O)OCCCCCC)s1. The third kappa shape index (κ3) is 9.22. The molecule has 0 radical (unpaired) electrons. The van der Waals surface area contributed by atoms with Gasteiger partial charge in [-0.05, 0) is 25.3 Å². The van der Waals surface area contributed by atoms with E-state index in [1.54, 1.807) is 6.07 Å². The number of aryl methyl sites for hydroxylation is 1. The summed E-state index contributed by atoms with van der Waals surface area (Å²) in [6.07, 6.45) is 11.6. The average Bonchev–Trinajstić information content (AvgIpc) is 3.00. The van der Waals surface area contributed by atoms with Gasteiger partial charge in [0.1, 0.15) is 5.00 Å². The highest BCUT2D eigenvalue weighted by atomic mass is 32.1. The lowest BCUT2D eigenvalue weighted by molar-refractivity contribution is 0.0698. The maximum atomic E-state index is 11.9. The number of nitrogens with one attached hydrogen (secondary N) is 1. The topological polar surface area (TPSA) is 75.6 Å². The zero-order valence-electron chi connectivity index (χ0n) is 16.1. The van der Waals surface area contributed by atoms with Gasteiger partial charge in [0.15, 0.2) is 0 Å². The van der Waals surface area contributed by atoms with Crippen LogP contribution < -0.4 is 5.32 Å². The number of aromatic carboxylic acids is 1. The molecule has 2 N–H and O–H groups in total. The van der Waals surface area contributed by atoms with E-state index in [4.69, 9.17) is 4.74 Å². The number of carbonyl (C=O) groups is 2. The Labute approximate surface area is 161 Å². The van der Waals surface area contributed by atoms with E-state index in [2.05, 4.69) is 19.2 Å². The number of hydrogen-bond donors (Lipinski definition) is 2. The highest BCUT2D eigenvalue weighted by Crippen LogP contribution is 2.29. The van der Waals surface area contributed by atoms with Crippen molar-refractivity contribution in [3.8, 4) is 0 Å². The number of hydrogen-bond acceptors (Lipinski definition) is 4. The van der Waals surface area contributed by atoms with Gasteiger partial charge in [-0.25, -0.2) is 9.59 Å². The van der Waals surface area contributed by atoms with Crippen LogP contribution in [0.25, 0.3) is 0 Å². The minimum atomic E-state index is -1.02. The standard InChI is InChI=1S/C20H33NO4S/c1-3-5-7-9-10-11-13-16-15-17(19(22)23)18(26-16)21-20(24)25-14-12-8-6-4-2/h15H,3-14H2,1-2H3,(H,21,24)(H,22,23). The van der Waals surface area contributed by atoms with Crippen LogP contribution in [0.2, 0.25) is 0 Å². The summed E-state index contributed by atoms with van der Waals surface area (Å²) in [5.41, 5.74) is 0.152. The smallest absolute Gasteiger partial charge is 0.412 e. The molecule has 0 aliphatic carbocycles. The molecule has 26 heavy (non-hydrogen) atoms. The number of carboxylic acid groups (broad SMARTS) is 1. The summed E-state index contributed by atoms with van der Waals surface area (Å²) in [7, 11) is 0. The van der Waals surface area contributed by atoms with Crippen LogP contribution in [0.15, 0.2) is 6.07 Å². The molecule has 1 heterocycles. The Hall–Kier alpha value is -1.56. The third-order valence-electron chi connectivity index (χ3n) is 4.24. The summed E-state index contributed by atoms with van der Waals surface area (Å²) in [5.74, 6) is -1.02. The molecule has 5 nitrogen and oxygen atoms in total. The molecule has 0 aliphatic heterocycles. The minimum Gasteiger partial charge on any atom is -0.478 e. The van der Waals surface area contributed by atoms with Gasteiger partial charge in [0.05, 0.1) is 12.2 Å². The van der Waals surface area contributed by atoms with Crippen molar-refractivity contribution in [1.29, 1.82) is 0 Å². The normalized spacial score (nSPS) is 10.7. The van der Waals surface area contributed by atoms with E-state index in [1.165, 1.54) is 37.0 Å². The highest BCUT2D eigenvalue weighted by Gasteiger charge is 2.17. The molecule has 1 rings (SSSR count). The molecule has 6 heteroatoms. The molecule has 1 aromatic heterocycles. The molecule has 1 amide bonds. The number of carboxylic acids is 1. The van der Waals surface area contributed by atoms with Crippen LogP contribution in [0.5, 0.6) is 0 Å². The minimum absolute atomic E-state index is 0.152. The first kappa shape index (κ1) is 22.5. The van der Waals surface area contributed by atoms with Crippen molar-refractivity contribution >= 4 is 28.4 Å². The number of anilines is 1. The maximum Gasteiger partial charge on any atom is 0.412 e. The molecule has 0 saturated carbocycles. The molecular weight excluding hydrogens is 350 g/mol. The lowest BCUT2D eigenvalue weighted by atomic mass is 10.1. The van der Waals surface area contributed by atoms with E-state index < -0.39 is 12.1 Å². The van der Waals surface area contributed by atoms with Gasteiger partial charge in [0.2, 0.25) is 0 Å². The van der Waals surface area contributed by atoms with Crippen molar-refractivity contribution < 1.29 is 19.4 Å². The molecule has 0 saturated heterocycles. The van der Waals surface area contributed by atoms with Crippen LogP contribution in [-0.2, 0) is 11.2 Å². The van der Waals surface area contributed by atoms with Crippen molar-refractivity contribution in [2.24, 2.45) is 0 Å². The van der Waals surface area contributed by atoms with Crippen molar-refractivity contribution in [3.05, 3.63) is 16.5 Å². The second-order valence-electron chi connectivity index (χ2n) is 6.60. The second kappa shape index (κ2) is 13.6. The Bertz CT molecular complexity index is 542. The van der Waals surface area contributed by atoms with Crippen LogP contribution in [0.1, 0.15) is 93.3 Å². The lowest BCUT2D eigenvalue weighted by Crippen LogP contribution is -2.15. The van der Waals surface area contributed by atoms with Gasteiger partial charge < -0.3 is 9.84 Å². The Morgan fingerprint density at radius 2 is 1.62 bits per heavy atom. The van der Waals surface area contributed by atoms with Crippen molar-refractivity contribution in [3.63, 3.8) is 0 Å². The first-order valence-corrected chi connectivity index (χ1v) is 10.7. The molecule has 0 fully saturated rings. The highest BCUT2D eigenvalue weighted by molar-refractivity contribution is 7.16. The number of thiophene rings is 1. The first-order valence-electron chi connectivity index (χ1n) is 9.88. The van der Waals surface area contributed by atoms with Crippen LogP contribution >= 0.6 is 11.3 Å². The van der Waals surface area contributed by atoms with Crippen LogP contribution in [0.4, 0.5) is 9.80 Å². The van der Waals surface area contributed by atoms with E-state index in [0.29, 0.717) is 11.6 Å². The number of unbranched alkanes of at least 4 members (excludes halogenated alkanes) is 8. The fraction of sp³-hybridized carbons (Fsp3) is 0.700. The summed E-state index contributed by atoms with van der Waals surface area (Å²) in [4.78, 5) is 24.3. The second-order valence-corrected chi connectivity index (χ2v) is 7.74. The molecule has 0 atom stereocenters. The van der Waals surface area contributed by atoms with Crippen LogP contribution in [0, 0.1) is 0 Å². The van der Waals surface area contributed by atoms with Gasteiger partial charge in [0, 0.05) is 4.88 Å². The van der Waals surface area contributed by atoms with Crippen molar-refractivity contribution in [2.45, 2.75) is 84.5 Å². The number of carbonyl (C=O) groups excluding carboxylic acids is 1. The molecule has 0 aliphatic rings. The van der Waals surface area contributed by atoms with E-state index in [9.17, 15) is 14.7 Å². The largest absolute Gasteiger partial charge is 0.478 e. The monoisotopic (exact) mass is 383 g/mol. The van der Waals surface area contributed by atoms with Gasteiger partial charge in [-0.3, -0.25) is 5.32 Å². The lowest BCUT2D eigenvalue weighted by Gasteiger charge is -2.06. The number of rotatable bonds is 14. The van der Waals surface area contributed by atoms with Gasteiger partial charge in [-0.2, -0.15) is 0 Å². The number of amides is 1. The molecule has 148 valence electrons. The Kier molecular flexibility index (Phi) is 11.8. The predicted octanol–water partition coefficient (Wildman–Crippen LogP) is 6.48. The van der Waals surface area contributed by atoms with Gasteiger partial charge in [-0.15, -0.1) is 11.3 Å². The summed E-state index contributed by atoms with van der Waals surface area (Å²) in [5, 5.41) is 12.3. The molecule has 1 aromatic rings. The van der Waals surface area contributed by atoms with Crippen LogP contribution in [0.3, 0.4) is 0 Å². The fourth-order valence-electron chi connectivity index (χ4n) is 2.72. The first-order chi connectivity index (χ1) is 12.6. The predicted molar refractivity (Wildman–Crippen MR) is 107 cm³/mol. The maximum absolute atomic E-state index is 11.9. The van der Waals surface area contributed by atoms with E-state index >= 15 is 0 Å². The fourth-order valence-corrected chi connectivity index (χ4v) is 3.79. The zero-order chi connectivity index (χ0) is 19.2. The number of ether oxygens (including phenoxy) is 1. The third-order valence-corrected chi connectivity index (χ3v) is 5.35. The molecule has 0 unspecified atom stereocenters. The molecule has 0 bridgehead atoms. The average molecular weight is 384 g/mol. The van der Waals surface area contributed by atoms with Crippen LogP contribution in [-0.4, -0.2) is 23.8 Å². The van der Waals surface area contributed by atoms with Crippen molar-refractivity contribution in [2.75, 3.05) is 11.9 Å². The molecule has 0 spiro atoms. The van der Waals surface area contributed by atoms with E-state index in [1.807, 2.05) is 0 Å². The molecule has 0 aromatic carbocycles. The van der Waals surface area contributed by atoms with Gasteiger partial charge in [-0.1, -0.05) is 65.2 Å². The summed E-state index contributed by atoms with van der Waals surface area (Å²) in [6.45, 7) is 4.69. The Morgan fingerprint density at radius 1 is 1.00 bits per heavy atom. The summed E-state index contributed by atoms with van der Waals surface area (Å²) in [6, 6.07) is 1.68.